The second kappa shape index (κ2) is 5.95. The highest BCUT2D eigenvalue weighted by Gasteiger charge is 2.36. The Kier molecular flexibility index (Phi) is 4.47. The van der Waals surface area contributed by atoms with Crippen molar-refractivity contribution in [2.45, 2.75) is 18.9 Å². The fourth-order valence-electron chi connectivity index (χ4n) is 2.18. The molecule has 0 radical (unpaired) electrons. The van der Waals surface area contributed by atoms with E-state index in [1.807, 2.05) is 0 Å². The zero-order valence-electron chi connectivity index (χ0n) is 10.7. The van der Waals surface area contributed by atoms with Crippen LogP contribution in [0, 0.1) is 0 Å². The highest BCUT2D eigenvalue weighted by molar-refractivity contribution is 7.92. The fraction of sp³-hybridized carbons (Fsp3) is 0.308. The summed E-state index contributed by atoms with van der Waals surface area (Å²) in [7, 11) is -3.68. The first-order chi connectivity index (χ1) is 9.42. The monoisotopic (exact) mass is 314 g/mol. The van der Waals surface area contributed by atoms with Crippen molar-refractivity contribution in [3.63, 3.8) is 0 Å². The van der Waals surface area contributed by atoms with E-state index in [4.69, 9.17) is 17.3 Å². The molecule has 1 amide bonds. The minimum Gasteiger partial charge on any atom is -0.368 e. The minimum absolute atomic E-state index is 0.308. The van der Waals surface area contributed by atoms with E-state index >= 15 is 0 Å². The number of primary amides is 1. The number of carbonyl (C=O) groups is 1. The lowest BCUT2D eigenvalue weighted by Crippen LogP contribution is -2.42. The average molecular weight is 315 g/mol. The molecule has 0 spiro atoms. The first kappa shape index (κ1) is 15.0. The van der Waals surface area contributed by atoms with E-state index in [0.717, 1.165) is 9.71 Å². The number of carbonyl (C=O) groups excluding carboxylic acids is 1. The van der Waals surface area contributed by atoms with Gasteiger partial charge in [0.15, 0.2) is 0 Å². The van der Waals surface area contributed by atoms with Crippen LogP contribution in [0.4, 0.5) is 0 Å². The van der Waals surface area contributed by atoms with Gasteiger partial charge in [-0.15, -0.1) is 0 Å². The second-order valence-corrected chi connectivity index (χ2v) is 6.72. The summed E-state index contributed by atoms with van der Waals surface area (Å²) in [6.07, 6.45) is 2.52. The number of hydrogen-bond acceptors (Lipinski definition) is 3. The molecule has 1 saturated heterocycles. The van der Waals surface area contributed by atoms with E-state index in [1.54, 1.807) is 24.3 Å². The summed E-state index contributed by atoms with van der Waals surface area (Å²) >= 11 is 5.96. The average Bonchev–Trinajstić information content (AvgIpc) is 2.88. The van der Waals surface area contributed by atoms with Crippen LogP contribution in [-0.2, 0) is 14.8 Å². The lowest BCUT2D eigenvalue weighted by molar-refractivity contribution is -0.121. The number of nitrogens with two attached hydrogens (primary N) is 1. The van der Waals surface area contributed by atoms with Gasteiger partial charge in [0.05, 0.1) is 0 Å². The van der Waals surface area contributed by atoms with Crippen molar-refractivity contribution >= 4 is 33.6 Å². The molecule has 0 bridgehead atoms. The van der Waals surface area contributed by atoms with Crippen LogP contribution in [0.2, 0.25) is 5.02 Å². The number of halogens is 1. The van der Waals surface area contributed by atoms with Crippen molar-refractivity contribution in [1.82, 2.24) is 4.31 Å². The summed E-state index contributed by atoms with van der Waals surface area (Å²) in [5.41, 5.74) is 5.83. The summed E-state index contributed by atoms with van der Waals surface area (Å²) in [5, 5.41) is 1.53. The lowest BCUT2D eigenvalue weighted by atomic mass is 10.2. The maximum atomic E-state index is 12.2. The molecule has 108 valence electrons. The van der Waals surface area contributed by atoms with Crippen LogP contribution in [0.1, 0.15) is 18.4 Å². The Balaban J connectivity index is 2.23. The summed E-state index contributed by atoms with van der Waals surface area (Å²) in [6.45, 7) is 0.308. The SMILES string of the molecule is NC(=O)[C@@H]1CCCN1S(=O)(=O)/C=C/c1ccccc1Cl. The third kappa shape index (κ3) is 3.20. The number of hydrogen-bond donors (Lipinski definition) is 1. The van der Waals surface area contributed by atoms with Gasteiger partial charge in [-0.3, -0.25) is 4.79 Å². The van der Waals surface area contributed by atoms with Gasteiger partial charge in [-0.2, -0.15) is 4.31 Å². The van der Waals surface area contributed by atoms with Crippen LogP contribution >= 0.6 is 11.6 Å². The number of nitrogens with zero attached hydrogens (tertiary/aromatic N) is 1. The third-order valence-corrected chi connectivity index (χ3v) is 5.10. The van der Waals surface area contributed by atoms with Crippen molar-refractivity contribution in [2.75, 3.05) is 6.54 Å². The lowest BCUT2D eigenvalue weighted by Gasteiger charge is -2.19. The fourth-order valence-corrected chi connectivity index (χ4v) is 3.80. The smallest absolute Gasteiger partial charge is 0.236 e. The molecule has 0 unspecified atom stereocenters. The molecule has 5 nitrogen and oxygen atoms in total. The summed E-state index contributed by atoms with van der Waals surface area (Å²) in [5.74, 6) is -0.614. The molecule has 20 heavy (non-hydrogen) atoms. The molecule has 1 aliphatic heterocycles. The maximum Gasteiger partial charge on any atom is 0.236 e. The summed E-state index contributed by atoms with van der Waals surface area (Å²) in [4.78, 5) is 11.3. The second-order valence-electron chi connectivity index (χ2n) is 4.54. The maximum absolute atomic E-state index is 12.2. The van der Waals surface area contributed by atoms with Crippen molar-refractivity contribution in [3.8, 4) is 0 Å². The topological polar surface area (TPSA) is 80.5 Å². The standard InChI is InChI=1S/C13H15ClN2O3S/c14-11-5-2-1-4-10(11)7-9-20(18,19)16-8-3-6-12(16)13(15)17/h1-2,4-5,7,9,12H,3,6,8H2,(H2,15,17)/b9-7+/t12-/m0/s1. The van der Waals surface area contributed by atoms with Crippen LogP contribution in [0.25, 0.3) is 6.08 Å². The Bertz CT molecular complexity index is 643. The van der Waals surface area contributed by atoms with E-state index < -0.39 is 22.0 Å². The summed E-state index contributed by atoms with van der Waals surface area (Å²) < 4.78 is 25.6. The Morgan fingerprint density at radius 3 is 2.75 bits per heavy atom. The molecular weight excluding hydrogens is 300 g/mol. The number of rotatable bonds is 4. The van der Waals surface area contributed by atoms with Gasteiger partial charge in [0.25, 0.3) is 0 Å². The minimum atomic E-state index is -3.68. The summed E-state index contributed by atoms with van der Waals surface area (Å²) in [6, 6.07) is 6.16. The van der Waals surface area contributed by atoms with Gasteiger partial charge in [0, 0.05) is 17.0 Å². The van der Waals surface area contributed by atoms with Crippen molar-refractivity contribution in [3.05, 3.63) is 40.3 Å². The molecule has 0 aromatic heterocycles. The van der Waals surface area contributed by atoms with Crippen LogP contribution in [0.5, 0.6) is 0 Å². The first-order valence-corrected chi connectivity index (χ1v) is 8.04. The Morgan fingerprint density at radius 1 is 1.40 bits per heavy atom. The Hall–Kier alpha value is -1.37. The molecule has 1 aromatic carbocycles. The van der Waals surface area contributed by atoms with Gasteiger partial charge < -0.3 is 5.73 Å². The van der Waals surface area contributed by atoms with Crippen molar-refractivity contribution in [2.24, 2.45) is 5.73 Å². The number of sulfonamides is 1. The molecule has 1 fully saturated rings. The van der Waals surface area contributed by atoms with Crippen LogP contribution < -0.4 is 5.73 Å². The van der Waals surface area contributed by atoms with Crippen molar-refractivity contribution < 1.29 is 13.2 Å². The molecule has 1 heterocycles. The van der Waals surface area contributed by atoms with Gasteiger partial charge in [0.1, 0.15) is 6.04 Å². The van der Waals surface area contributed by atoms with Crippen LogP contribution in [0.3, 0.4) is 0 Å². The highest BCUT2D eigenvalue weighted by Crippen LogP contribution is 2.23. The zero-order valence-corrected chi connectivity index (χ0v) is 12.3. The van der Waals surface area contributed by atoms with E-state index in [1.165, 1.54) is 6.08 Å². The molecule has 2 rings (SSSR count). The van der Waals surface area contributed by atoms with E-state index in [9.17, 15) is 13.2 Å². The highest BCUT2D eigenvalue weighted by atomic mass is 35.5. The first-order valence-electron chi connectivity index (χ1n) is 6.15. The molecule has 2 N–H and O–H groups in total. The Morgan fingerprint density at radius 2 is 2.10 bits per heavy atom. The Labute approximate surface area is 123 Å². The molecule has 7 heteroatoms. The largest absolute Gasteiger partial charge is 0.368 e. The van der Waals surface area contributed by atoms with Crippen molar-refractivity contribution in [1.29, 1.82) is 0 Å². The normalized spacial score (nSPS) is 20.6. The van der Waals surface area contributed by atoms with Gasteiger partial charge in [-0.1, -0.05) is 29.8 Å². The number of benzene rings is 1. The van der Waals surface area contributed by atoms with Gasteiger partial charge >= 0.3 is 0 Å². The predicted octanol–water partition coefficient (Wildman–Crippen LogP) is 1.59. The zero-order chi connectivity index (χ0) is 14.8. The third-order valence-electron chi connectivity index (χ3n) is 3.18. The number of amides is 1. The molecule has 1 aliphatic rings. The molecule has 1 atom stereocenters. The van der Waals surface area contributed by atoms with Gasteiger partial charge in [-0.05, 0) is 30.5 Å². The molecule has 0 saturated carbocycles. The van der Waals surface area contributed by atoms with E-state index in [-0.39, 0.29) is 0 Å². The van der Waals surface area contributed by atoms with Gasteiger partial charge in [-0.25, -0.2) is 8.42 Å². The molecule has 0 aliphatic carbocycles. The molecule has 1 aromatic rings. The molecular formula is C13H15ClN2O3S. The van der Waals surface area contributed by atoms with Crippen LogP contribution in [0.15, 0.2) is 29.7 Å². The van der Waals surface area contributed by atoms with Crippen LogP contribution in [-0.4, -0.2) is 31.2 Å². The quantitative estimate of drug-likeness (QED) is 0.916. The van der Waals surface area contributed by atoms with E-state index in [0.29, 0.717) is 30.0 Å². The predicted molar refractivity (Wildman–Crippen MR) is 78.3 cm³/mol. The van der Waals surface area contributed by atoms with E-state index in [2.05, 4.69) is 0 Å². The van der Waals surface area contributed by atoms with Gasteiger partial charge in [0.2, 0.25) is 15.9 Å².